The normalized spacial score (nSPS) is 17.9. The monoisotopic (exact) mass is 408 g/mol. The van der Waals surface area contributed by atoms with E-state index in [2.05, 4.69) is 20.7 Å². The molecule has 2 aromatic rings. The van der Waals surface area contributed by atoms with Crippen molar-refractivity contribution in [2.45, 2.75) is 10.9 Å². The fourth-order valence-electron chi connectivity index (χ4n) is 2.64. The molecule has 0 saturated heterocycles. The second-order valence-corrected chi connectivity index (χ2v) is 7.86. The van der Waals surface area contributed by atoms with Gasteiger partial charge in [0, 0.05) is 26.9 Å². The number of rotatable bonds is 3. The molecule has 1 heterocycles. The van der Waals surface area contributed by atoms with Crippen LogP contribution in [0.4, 0.5) is 10.5 Å². The number of hydrazone groups is 1. The number of hydrogen-bond acceptors (Lipinski definition) is 4. The van der Waals surface area contributed by atoms with Crippen molar-refractivity contribution in [2.24, 2.45) is 5.10 Å². The van der Waals surface area contributed by atoms with Gasteiger partial charge in [-0.15, -0.1) is 11.8 Å². The van der Waals surface area contributed by atoms with Crippen LogP contribution in [0.5, 0.6) is 0 Å². The van der Waals surface area contributed by atoms with Gasteiger partial charge in [0.05, 0.1) is 16.8 Å². The zero-order valence-electron chi connectivity index (χ0n) is 14.3. The highest BCUT2D eigenvalue weighted by Crippen LogP contribution is 2.39. The highest BCUT2D eigenvalue weighted by atomic mass is 35.5. The van der Waals surface area contributed by atoms with Crippen LogP contribution in [0.2, 0.25) is 10.0 Å². The zero-order chi connectivity index (χ0) is 18.7. The fraction of sp³-hybridized carbons (Fsp3) is 0.222. The highest BCUT2D eigenvalue weighted by molar-refractivity contribution is 7.99. The quantitative estimate of drug-likeness (QED) is 0.731. The van der Waals surface area contributed by atoms with Crippen LogP contribution in [0.1, 0.15) is 5.56 Å². The van der Waals surface area contributed by atoms with E-state index < -0.39 is 6.03 Å². The van der Waals surface area contributed by atoms with E-state index in [1.807, 2.05) is 38.4 Å². The predicted octanol–water partition coefficient (Wildman–Crippen LogP) is 4.56. The zero-order valence-corrected chi connectivity index (χ0v) is 16.6. The summed E-state index contributed by atoms with van der Waals surface area (Å²) >= 11 is 14.2. The van der Waals surface area contributed by atoms with Crippen LogP contribution < -0.4 is 10.7 Å². The Morgan fingerprint density at radius 1 is 1.23 bits per heavy atom. The van der Waals surface area contributed by atoms with Crippen molar-refractivity contribution in [3.63, 3.8) is 0 Å². The van der Waals surface area contributed by atoms with Crippen LogP contribution in [-0.2, 0) is 0 Å². The number of halogens is 2. The summed E-state index contributed by atoms with van der Waals surface area (Å²) in [4.78, 5) is 15.2. The molecule has 1 unspecified atom stereocenters. The topological polar surface area (TPSA) is 56.7 Å². The number of fused-ring (bicyclic) bond motifs is 1. The molecule has 1 atom stereocenters. The smallest absolute Gasteiger partial charge is 0.307 e. The third-order valence-corrected chi connectivity index (χ3v) is 5.76. The molecule has 26 heavy (non-hydrogen) atoms. The molecule has 1 aliphatic rings. The molecule has 0 radical (unpaired) electrons. The Hall–Kier alpha value is -1.73. The van der Waals surface area contributed by atoms with Crippen LogP contribution in [0.25, 0.3) is 0 Å². The molecule has 0 saturated carbocycles. The molecular formula is C18H18Cl2N4OS. The number of benzene rings is 2. The lowest BCUT2D eigenvalue weighted by Gasteiger charge is -2.31. The minimum Gasteiger partial charge on any atom is -0.307 e. The fourth-order valence-corrected chi connectivity index (χ4v) is 4.59. The van der Waals surface area contributed by atoms with E-state index in [0.29, 0.717) is 15.7 Å². The number of carbonyl (C=O) groups is 1. The van der Waals surface area contributed by atoms with Gasteiger partial charge in [0.25, 0.3) is 0 Å². The third-order valence-electron chi connectivity index (χ3n) is 3.92. The largest absolute Gasteiger partial charge is 0.339 e. The molecule has 8 heteroatoms. The van der Waals surface area contributed by atoms with Gasteiger partial charge in [0.15, 0.2) is 0 Å². The number of thioether (sulfide) groups is 1. The van der Waals surface area contributed by atoms with E-state index in [9.17, 15) is 4.79 Å². The first-order valence-electron chi connectivity index (χ1n) is 7.94. The molecule has 5 nitrogen and oxygen atoms in total. The molecule has 136 valence electrons. The number of amides is 2. The Bertz CT molecular complexity index is 843. The minimum absolute atomic E-state index is 0.0269. The van der Waals surface area contributed by atoms with Crippen molar-refractivity contribution in [1.29, 1.82) is 0 Å². The molecular weight excluding hydrogens is 391 g/mol. The standard InChI is InChI=1S/C18H18Cl2N4OS/c1-24(2)15-10-26-17-13(8-11(19)9-14(17)20)16(15)22-23-18(25)21-12-6-4-3-5-7-12/h3-9,15H,10H2,1-2H3,(H2,21,23,25)/b22-16-. The van der Waals surface area contributed by atoms with Gasteiger partial charge in [0.1, 0.15) is 0 Å². The van der Waals surface area contributed by atoms with Crippen molar-refractivity contribution >= 4 is 52.4 Å². The summed E-state index contributed by atoms with van der Waals surface area (Å²) in [5.41, 5.74) is 4.85. The maximum Gasteiger partial charge on any atom is 0.339 e. The minimum atomic E-state index is -0.408. The van der Waals surface area contributed by atoms with Crippen molar-refractivity contribution in [3.8, 4) is 0 Å². The number of carbonyl (C=O) groups excluding carboxylic acids is 1. The molecule has 0 aliphatic carbocycles. The van der Waals surface area contributed by atoms with Crippen molar-refractivity contribution in [2.75, 3.05) is 25.2 Å². The number of nitrogens with one attached hydrogen (secondary N) is 2. The second kappa shape index (κ2) is 8.31. The predicted molar refractivity (Wildman–Crippen MR) is 110 cm³/mol. The van der Waals surface area contributed by atoms with Gasteiger partial charge in [-0.25, -0.2) is 10.2 Å². The molecule has 2 N–H and O–H groups in total. The third kappa shape index (κ3) is 4.32. The number of anilines is 1. The summed E-state index contributed by atoms with van der Waals surface area (Å²) in [5.74, 6) is 0.780. The Kier molecular flexibility index (Phi) is 6.09. The summed E-state index contributed by atoms with van der Waals surface area (Å²) in [6.45, 7) is 0. The maximum atomic E-state index is 12.2. The Labute approximate surface area is 166 Å². The van der Waals surface area contributed by atoms with Crippen LogP contribution in [0.15, 0.2) is 52.5 Å². The van der Waals surface area contributed by atoms with E-state index in [0.717, 1.165) is 21.9 Å². The summed E-state index contributed by atoms with van der Waals surface area (Å²) in [5, 5.41) is 8.26. The molecule has 0 bridgehead atoms. The number of urea groups is 1. The molecule has 2 aromatic carbocycles. The lowest BCUT2D eigenvalue weighted by Crippen LogP contribution is -2.42. The van der Waals surface area contributed by atoms with Gasteiger partial charge in [0.2, 0.25) is 0 Å². The summed E-state index contributed by atoms with van der Waals surface area (Å²) in [6.07, 6.45) is 0. The Morgan fingerprint density at radius 3 is 2.65 bits per heavy atom. The highest BCUT2D eigenvalue weighted by Gasteiger charge is 2.30. The summed E-state index contributed by atoms with van der Waals surface area (Å²) in [7, 11) is 3.95. The average molecular weight is 409 g/mol. The van der Waals surface area contributed by atoms with Gasteiger partial charge in [-0.3, -0.25) is 0 Å². The lowest BCUT2D eigenvalue weighted by atomic mass is 10.0. The first-order valence-corrected chi connectivity index (χ1v) is 9.68. The van der Waals surface area contributed by atoms with Gasteiger partial charge in [-0.05, 0) is 38.4 Å². The van der Waals surface area contributed by atoms with Crippen LogP contribution in [0, 0.1) is 0 Å². The number of para-hydroxylation sites is 1. The van der Waals surface area contributed by atoms with E-state index in [1.54, 1.807) is 30.0 Å². The molecule has 0 spiro atoms. The summed E-state index contributed by atoms with van der Waals surface area (Å²) in [6, 6.07) is 12.4. The Balaban J connectivity index is 1.87. The molecule has 1 aliphatic heterocycles. The SMILES string of the molecule is CN(C)C1CSc2c(Cl)cc(Cl)cc2/C1=N/NC(=O)Nc1ccccc1. The van der Waals surface area contributed by atoms with E-state index >= 15 is 0 Å². The first kappa shape index (κ1) is 19.0. The van der Waals surface area contributed by atoms with Crippen LogP contribution in [-0.4, -0.2) is 42.5 Å². The first-order chi connectivity index (χ1) is 12.5. The van der Waals surface area contributed by atoms with Crippen LogP contribution >= 0.6 is 35.0 Å². The van der Waals surface area contributed by atoms with Crippen LogP contribution in [0.3, 0.4) is 0 Å². The van der Waals surface area contributed by atoms with Gasteiger partial charge < -0.3 is 10.2 Å². The Morgan fingerprint density at radius 2 is 1.96 bits per heavy atom. The molecule has 2 amide bonds. The molecule has 0 aromatic heterocycles. The van der Waals surface area contributed by atoms with E-state index in [-0.39, 0.29) is 6.04 Å². The average Bonchev–Trinajstić information content (AvgIpc) is 2.60. The number of nitrogens with zero attached hydrogens (tertiary/aromatic N) is 2. The van der Waals surface area contributed by atoms with Gasteiger partial charge in [-0.1, -0.05) is 41.4 Å². The van der Waals surface area contributed by atoms with E-state index in [4.69, 9.17) is 23.2 Å². The summed E-state index contributed by atoms with van der Waals surface area (Å²) < 4.78 is 0. The maximum absolute atomic E-state index is 12.2. The van der Waals surface area contributed by atoms with Gasteiger partial charge >= 0.3 is 6.03 Å². The number of likely N-dealkylation sites (N-methyl/N-ethyl adjacent to an activating group) is 1. The molecule has 3 rings (SSSR count). The number of hydrogen-bond donors (Lipinski definition) is 2. The lowest BCUT2D eigenvalue weighted by molar-refractivity contribution is 0.252. The van der Waals surface area contributed by atoms with E-state index in [1.165, 1.54) is 0 Å². The van der Waals surface area contributed by atoms with Crippen molar-refractivity contribution in [3.05, 3.63) is 58.1 Å². The second-order valence-electron chi connectivity index (χ2n) is 5.98. The van der Waals surface area contributed by atoms with Crippen molar-refractivity contribution < 1.29 is 4.79 Å². The molecule has 0 fully saturated rings. The van der Waals surface area contributed by atoms with Gasteiger partial charge in [-0.2, -0.15) is 5.10 Å². The van der Waals surface area contributed by atoms with Crippen molar-refractivity contribution in [1.82, 2.24) is 10.3 Å².